The third kappa shape index (κ3) is 4.71. The van der Waals surface area contributed by atoms with Gasteiger partial charge in [0.05, 0.1) is 11.1 Å². The smallest absolute Gasteiger partial charge is 0.142 e. The van der Waals surface area contributed by atoms with Gasteiger partial charge < -0.3 is 4.90 Å². The molecular weight excluding hydrogens is 420 g/mol. The van der Waals surface area contributed by atoms with E-state index in [0.717, 1.165) is 53.4 Å². The molecule has 4 rings (SSSR count). The van der Waals surface area contributed by atoms with Crippen LogP contribution in [0.3, 0.4) is 0 Å². The van der Waals surface area contributed by atoms with Crippen molar-refractivity contribution in [2.75, 3.05) is 37.6 Å². The van der Waals surface area contributed by atoms with E-state index in [1.165, 1.54) is 33.7 Å². The number of nitrogens with zero attached hydrogens (tertiary/aromatic N) is 4. The first-order valence-electron chi connectivity index (χ1n) is 10.2. The molecule has 3 heterocycles. The van der Waals surface area contributed by atoms with Crippen molar-refractivity contribution in [3.63, 3.8) is 0 Å². The molecule has 0 unspecified atom stereocenters. The van der Waals surface area contributed by atoms with Crippen molar-refractivity contribution >= 4 is 50.7 Å². The maximum Gasteiger partial charge on any atom is 0.142 e. The number of benzene rings is 1. The van der Waals surface area contributed by atoms with E-state index in [2.05, 4.69) is 42.7 Å². The van der Waals surface area contributed by atoms with Crippen molar-refractivity contribution in [1.82, 2.24) is 14.9 Å². The summed E-state index contributed by atoms with van der Waals surface area (Å²) in [6.45, 7) is 12.1. The van der Waals surface area contributed by atoms with E-state index >= 15 is 0 Å². The van der Waals surface area contributed by atoms with Crippen molar-refractivity contribution in [1.29, 1.82) is 0 Å². The summed E-state index contributed by atoms with van der Waals surface area (Å²) < 4.78 is 0. The van der Waals surface area contributed by atoms with E-state index < -0.39 is 0 Å². The van der Waals surface area contributed by atoms with Crippen LogP contribution >= 0.6 is 34.7 Å². The Morgan fingerprint density at radius 2 is 1.79 bits per heavy atom. The number of hydrogen-bond acceptors (Lipinski definition) is 6. The number of fused-ring (bicyclic) bond motifs is 1. The van der Waals surface area contributed by atoms with Crippen LogP contribution in [0.5, 0.6) is 0 Å². The molecule has 7 heteroatoms. The molecule has 0 atom stereocenters. The Balaban J connectivity index is 1.60. The molecule has 154 valence electrons. The van der Waals surface area contributed by atoms with Crippen LogP contribution in [0, 0.1) is 13.8 Å². The van der Waals surface area contributed by atoms with Gasteiger partial charge in [-0.15, -0.1) is 23.1 Å². The van der Waals surface area contributed by atoms with Crippen molar-refractivity contribution in [2.45, 2.75) is 37.8 Å². The lowest BCUT2D eigenvalue weighted by Crippen LogP contribution is -2.47. The fourth-order valence-electron chi connectivity index (χ4n) is 3.74. The summed E-state index contributed by atoms with van der Waals surface area (Å²) >= 11 is 9.55. The molecule has 0 saturated carbocycles. The minimum atomic E-state index is 0.760. The van der Waals surface area contributed by atoms with Crippen LogP contribution in [0.4, 0.5) is 5.82 Å². The predicted octanol–water partition coefficient (Wildman–Crippen LogP) is 5.79. The molecule has 1 aromatic carbocycles. The Morgan fingerprint density at radius 1 is 1.07 bits per heavy atom. The average Bonchev–Trinajstić information content (AvgIpc) is 3.01. The summed E-state index contributed by atoms with van der Waals surface area (Å²) in [4.78, 5) is 18.6. The highest BCUT2D eigenvalue weighted by Gasteiger charge is 2.23. The molecule has 0 aliphatic carbocycles. The van der Waals surface area contributed by atoms with Crippen LogP contribution in [0.2, 0.25) is 5.02 Å². The second-order valence-electron chi connectivity index (χ2n) is 7.50. The lowest BCUT2D eigenvalue weighted by atomic mass is 10.2. The molecule has 2 aromatic heterocycles. The molecule has 0 bridgehead atoms. The van der Waals surface area contributed by atoms with Gasteiger partial charge in [-0.3, -0.25) is 4.90 Å². The number of halogens is 1. The first-order valence-corrected chi connectivity index (χ1v) is 12.4. The summed E-state index contributed by atoms with van der Waals surface area (Å²) in [7, 11) is 0. The fourth-order valence-corrected chi connectivity index (χ4v) is 5.67. The van der Waals surface area contributed by atoms with Crippen molar-refractivity contribution in [3.8, 4) is 0 Å². The quantitative estimate of drug-likeness (QED) is 0.447. The van der Waals surface area contributed by atoms with Gasteiger partial charge in [0.15, 0.2) is 0 Å². The van der Waals surface area contributed by atoms with Gasteiger partial charge in [0.2, 0.25) is 0 Å². The van der Waals surface area contributed by atoms with Gasteiger partial charge in [-0.2, -0.15) is 0 Å². The SMILES string of the molecule is CCCN1CCN(c2nc(CSc3ccc(Cl)cc3)nc3sc(C)c(C)c23)CC1. The molecule has 29 heavy (non-hydrogen) atoms. The number of aromatic nitrogens is 2. The van der Waals surface area contributed by atoms with Gasteiger partial charge in [-0.1, -0.05) is 18.5 Å². The first-order chi connectivity index (χ1) is 14.0. The highest BCUT2D eigenvalue weighted by atomic mass is 35.5. The molecule has 0 radical (unpaired) electrons. The third-order valence-corrected chi connectivity index (χ3v) is 7.81. The molecule has 0 amide bonds. The number of anilines is 1. The molecule has 0 N–H and O–H groups in total. The lowest BCUT2D eigenvalue weighted by molar-refractivity contribution is 0.258. The Kier molecular flexibility index (Phi) is 6.64. The molecule has 3 aromatic rings. The Labute approximate surface area is 186 Å². The minimum Gasteiger partial charge on any atom is -0.353 e. The van der Waals surface area contributed by atoms with Crippen LogP contribution < -0.4 is 4.90 Å². The van der Waals surface area contributed by atoms with Crippen molar-refractivity contribution in [3.05, 3.63) is 45.6 Å². The Hall–Kier alpha value is -1.34. The number of thioether (sulfide) groups is 1. The number of rotatable bonds is 6. The van der Waals surface area contributed by atoms with Crippen molar-refractivity contribution in [2.24, 2.45) is 0 Å². The van der Waals surface area contributed by atoms with E-state index in [1.54, 1.807) is 23.1 Å². The largest absolute Gasteiger partial charge is 0.353 e. The standard InChI is InChI=1S/C22H27ClN4S2/c1-4-9-26-10-12-27(13-11-26)21-20-15(2)16(3)29-22(20)25-19(24-21)14-28-18-7-5-17(23)6-8-18/h5-8H,4,9-14H2,1-3H3. The van der Waals surface area contributed by atoms with E-state index in [4.69, 9.17) is 21.6 Å². The van der Waals surface area contributed by atoms with Gasteiger partial charge >= 0.3 is 0 Å². The zero-order valence-electron chi connectivity index (χ0n) is 17.2. The summed E-state index contributed by atoms with van der Waals surface area (Å²) in [6.07, 6.45) is 1.21. The van der Waals surface area contributed by atoms with Gasteiger partial charge in [0.1, 0.15) is 16.5 Å². The minimum absolute atomic E-state index is 0.760. The Bertz CT molecular complexity index is 979. The number of hydrogen-bond donors (Lipinski definition) is 0. The lowest BCUT2D eigenvalue weighted by Gasteiger charge is -2.35. The third-order valence-electron chi connectivity index (χ3n) is 5.45. The summed E-state index contributed by atoms with van der Waals surface area (Å²) in [5.41, 5.74) is 1.33. The first kappa shape index (κ1) is 20.9. The molecule has 1 saturated heterocycles. The average molecular weight is 447 g/mol. The molecule has 0 spiro atoms. The highest BCUT2D eigenvalue weighted by molar-refractivity contribution is 7.98. The predicted molar refractivity (Wildman–Crippen MR) is 127 cm³/mol. The number of thiophene rings is 1. The number of aryl methyl sites for hydroxylation is 2. The second kappa shape index (κ2) is 9.21. The Morgan fingerprint density at radius 3 is 2.48 bits per heavy atom. The van der Waals surface area contributed by atoms with Crippen LogP contribution in [-0.2, 0) is 5.75 Å². The maximum atomic E-state index is 6.01. The van der Waals surface area contributed by atoms with Crippen molar-refractivity contribution < 1.29 is 0 Å². The van der Waals surface area contributed by atoms with Crippen LogP contribution in [0.1, 0.15) is 29.6 Å². The molecule has 1 fully saturated rings. The topological polar surface area (TPSA) is 32.3 Å². The molecule has 4 nitrogen and oxygen atoms in total. The van der Waals surface area contributed by atoms with Gasteiger partial charge in [-0.25, -0.2) is 9.97 Å². The second-order valence-corrected chi connectivity index (χ2v) is 10.2. The summed E-state index contributed by atoms with van der Waals surface area (Å²) in [5.74, 6) is 2.79. The van der Waals surface area contributed by atoms with Crippen LogP contribution in [0.25, 0.3) is 10.2 Å². The van der Waals surface area contributed by atoms with Crippen LogP contribution in [-0.4, -0.2) is 47.6 Å². The summed E-state index contributed by atoms with van der Waals surface area (Å²) in [6, 6.07) is 7.97. The van der Waals surface area contributed by atoms with E-state index in [-0.39, 0.29) is 0 Å². The van der Waals surface area contributed by atoms with Crippen LogP contribution in [0.15, 0.2) is 29.2 Å². The molecule has 1 aliphatic rings. The molecule has 1 aliphatic heterocycles. The zero-order chi connectivity index (χ0) is 20.4. The fraction of sp³-hybridized carbons (Fsp3) is 0.455. The van der Waals surface area contributed by atoms with Gasteiger partial charge in [-0.05, 0) is 56.6 Å². The monoisotopic (exact) mass is 446 g/mol. The zero-order valence-corrected chi connectivity index (χ0v) is 19.6. The van der Waals surface area contributed by atoms with E-state index in [1.807, 2.05) is 12.1 Å². The maximum absolute atomic E-state index is 6.01. The summed E-state index contributed by atoms with van der Waals surface area (Å²) in [5, 5.41) is 2.01. The van der Waals surface area contributed by atoms with E-state index in [9.17, 15) is 0 Å². The normalized spacial score (nSPS) is 15.4. The highest BCUT2D eigenvalue weighted by Crippen LogP contribution is 2.36. The van der Waals surface area contributed by atoms with Gasteiger partial charge in [0.25, 0.3) is 0 Å². The number of piperazine rings is 1. The molecular formula is C22H27ClN4S2. The van der Waals surface area contributed by atoms with Gasteiger partial charge in [0, 0.05) is 41.0 Å². The van der Waals surface area contributed by atoms with E-state index in [0.29, 0.717) is 0 Å².